The van der Waals surface area contributed by atoms with E-state index in [0.717, 1.165) is 51.4 Å². The molecule has 0 aliphatic rings. The van der Waals surface area contributed by atoms with Crippen LogP contribution in [0.5, 0.6) is 0 Å². The molecule has 0 fully saturated rings. The molecule has 324 valence electrons. The van der Waals surface area contributed by atoms with Crippen molar-refractivity contribution in [1.82, 2.24) is 0 Å². The quantitative estimate of drug-likeness (QED) is 0.0153. The van der Waals surface area contributed by atoms with E-state index in [1.165, 1.54) is 38.5 Å². The van der Waals surface area contributed by atoms with E-state index in [0.29, 0.717) is 6.42 Å². The second kappa shape index (κ2) is 38.2. The van der Waals surface area contributed by atoms with Crippen LogP contribution in [0.4, 0.5) is 0 Å². The second-order valence-corrected chi connectivity index (χ2v) is 15.1. The number of nitrogens with two attached hydrogens (primary N) is 1. The molecule has 57 heavy (non-hydrogen) atoms. The largest absolute Gasteiger partial charge is 0.480 e. The van der Waals surface area contributed by atoms with Gasteiger partial charge in [0, 0.05) is 12.8 Å². The fraction of sp³-hybridized carbons (Fsp3) is 0.614. The molecule has 0 aromatic carbocycles. The summed E-state index contributed by atoms with van der Waals surface area (Å²) >= 11 is 0. The summed E-state index contributed by atoms with van der Waals surface area (Å²) in [5.74, 6) is -2.67. The number of hydrogen-bond donors (Lipinski definition) is 4. The lowest BCUT2D eigenvalue weighted by atomic mass is 10.1. The maximum Gasteiger partial charge on any atom is 0.472 e. The maximum absolute atomic E-state index is 12.6. The molecular formula is C44H72NO11P. The van der Waals surface area contributed by atoms with Gasteiger partial charge >= 0.3 is 25.7 Å². The predicted molar refractivity (Wildman–Crippen MR) is 227 cm³/mol. The summed E-state index contributed by atoms with van der Waals surface area (Å²) in [4.78, 5) is 45.9. The van der Waals surface area contributed by atoms with Crippen LogP contribution in [0.15, 0.2) is 85.1 Å². The Balaban J connectivity index is 4.69. The number of unbranched alkanes of at least 4 members (excludes halogenated alkanes) is 8. The van der Waals surface area contributed by atoms with Gasteiger partial charge in [-0.05, 0) is 83.5 Å². The van der Waals surface area contributed by atoms with Crippen molar-refractivity contribution in [3.05, 3.63) is 85.1 Å². The van der Waals surface area contributed by atoms with Crippen molar-refractivity contribution in [3.8, 4) is 0 Å². The van der Waals surface area contributed by atoms with E-state index < -0.39 is 63.8 Å². The molecule has 0 aliphatic carbocycles. The third-order valence-electron chi connectivity index (χ3n) is 8.22. The first kappa shape index (κ1) is 53.6. The molecule has 0 bridgehead atoms. The van der Waals surface area contributed by atoms with Gasteiger partial charge < -0.3 is 30.3 Å². The van der Waals surface area contributed by atoms with E-state index in [4.69, 9.17) is 24.8 Å². The number of aliphatic hydroxyl groups is 1. The van der Waals surface area contributed by atoms with E-state index in [2.05, 4.69) is 79.1 Å². The Morgan fingerprint density at radius 3 is 1.67 bits per heavy atom. The summed E-state index contributed by atoms with van der Waals surface area (Å²) in [6.07, 6.45) is 42.6. The Labute approximate surface area is 342 Å². The van der Waals surface area contributed by atoms with E-state index >= 15 is 0 Å². The Kier molecular flexibility index (Phi) is 35.9. The number of esters is 2. The van der Waals surface area contributed by atoms with Crippen LogP contribution in [0.25, 0.3) is 0 Å². The topological polar surface area (TPSA) is 192 Å². The summed E-state index contributed by atoms with van der Waals surface area (Å²) in [6, 6.07) is -1.56. The minimum Gasteiger partial charge on any atom is -0.480 e. The smallest absolute Gasteiger partial charge is 0.472 e. The monoisotopic (exact) mass is 821 g/mol. The highest BCUT2D eigenvalue weighted by Gasteiger charge is 2.28. The zero-order valence-corrected chi connectivity index (χ0v) is 35.4. The Hall–Kier alpha value is -3.38. The fourth-order valence-corrected chi connectivity index (χ4v) is 5.66. The molecule has 0 aliphatic heterocycles. The van der Waals surface area contributed by atoms with Crippen molar-refractivity contribution in [2.24, 2.45) is 5.73 Å². The molecule has 0 heterocycles. The molecule has 1 unspecified atom stereocenters. The Morgan fingerprint density at radius 1 is 0.632 bits per heavy atom. The van der Waals surface area contributed by atoms with Gasteiger partial charge in [0.1, 0.15) is 12.6 Å². The van der Waals surface area contributed by atoms with Crippen molar-refractivity contribution in [2.45, 2.75) is 154 Å². The number of carbonyl (C=O) groups is 3. The normalized spacial score (nSPS) is 15.2. The summed E-state index contributed by atoms with van der Waals surface area (Å²) < 4.78 is 32.4. The molecule has 12 nitrogen and oxygen atoms in total. The lowest BCUT2D eigenvalue weighted by molar-refractivity contribution is -0.161. The molecular weight excluding hydrogens is 749 g/mol. The van der Waals surface area contributed by atoms with Crippen LogP contribution >= 0.6 is 7.82 Å². The first-order chi connectivity index (χ1) is 27.5. The standard InChI is InChI=1S/C44H72NO11P/c1-3-5-7-9-11-13-15-17-18-20-22-24-26-28-30-34-42(47)53-36-40(37-54-57(51,52)55-38-41(45)44(49)50)56-43(48)35-31-33-39(46)32-29-27-25-23-21-19-16-14-12-10-8-6-4-2/h11-14,17-19,21-22,24-25,27,29,32,39-41,46H,3-10,15-16,20,23,26,28,30-31,33-38,45H2,1-2H3,(H,49,50)(H,51,52)/b13-11-,14-12-,18-17-,21-19-,24-22-,27-25-,32-29+/t39-,40+,41-/m0/s1. The van der Waals surface area contributed by atoms with Crippen molar-refractivity contribution >= 4 is 25.7 Å². The van der Waals surface area contributed by atoms with E-state index in [-0.39, 0.29) is 25.7 Å². The number of rotatable bonds is 37. The van der Waals surface area contributed by atoms with E-state index in [1.807, 2.05) is 12.2 Å². The van der Waals surface area contributed by atoms with Crippen LogP contribution in [0.3, 0.4) is 0 Å². The fourth-order valence-electron chi connectivity index (χ4n) is 4.88. The maximum atomic E-state index is 12.6. The van der Waals surface area contributed by atoms with Crippen LogP contribution in [0, 0.1) is 0 Å². The van der Waals surface area contributed by atoms with Crippen molar-refractivity contribution < 1.29 is 52.6 Å². The number of phosphoric acid groups is 1. The number of allylic oxidation sites excluding steroid dienone is 13. The highest BCUT2D eigenvalue weighted by atomic mass is 31.2. The molecule has 0 aromatic rings. The number of hydrogen-bond acceptors (Lipinski definition) is 10. The molecule has 0 saturated carbocycles. The van der Waals surface area contributed by atoms with Crippen molar-refractivity contribution in [3.63, 3.8) is 0 Å². The first-order valence-corrected chi connectivity index (χ1v) is 22.2. The van der Waals surface area contributed by atoms with Crippen LogP contribution in [0.2, 0.25) is 0 Å². The number of ether oxygens (including phenoxy) is 2. The van der Waals surface area contributed by atoms with Gasteiger partial charge in [-0.1, -0.05) is 125 Å². The molecule has 0 aromatic heterocycles. The third kappa shape index (κ3) is 37.9. The van der Waals surface area contributed by atoms with Crippen LogP contribution < -0.4 is 5.73 Å². The Morgan fingerprint density at radius 2 is 1.12 bits per heavy atom. The number of aliphatic carboxylic acids is 1. The summed E-state index contributed by atoms with van der Waals surface area (Å²) in [5, 5.41) is 19.1. The number of carboxylic acids is 1. The number of phosphoric ester groups is 1. The lowest BCUT2D eigenvalue weighted by Crippen LogP contribution is -2.34. The molecule has 13 heteroatoms. The van der Waals surface area contributed by atoms with Gasteiger partial charge in [0.05, 0.1) is 19.3 Å². The van der Waals surface area contributed by atoms with Gasteiger partial charge in [0.15, 0.2) is 6.10 Å². The molecule has 0 spiro atoms. The average Bonchev–Trinajstić information content (AvgIpc) is 3.18. The van der Waals surface area contributed by atoms with Gasteiger partial charge in [0.25, 0.3) is 0 Å². The minimum absolute atomic E-state index is 0.0801. The SMILES string of the molecule is CCCCC/C=C\C/C=C\C/C=C\C=C\[C@H](O)CCCC(=O)O[C@H](COC(=O)CCCC/C=C\C/C=C\C/C=C\CCCCC)COP(=O)(O)OC[C@H](N)C(=O)O. The highest BCUT2D eigenvalue weighted by molar-refractivity contribution is 7.47. The first-order valence-electron chi connectivity index (χ1n) is 20.7. The van der Waals surface area contributed by atoms with Crippen molar-refractivity contribution in [1.29, 1.82) is 0 Å². The predicted octanol–water partition coefficient (Wildman–Crippen LogP) is 9.69. The number of carbonyl (C=O) groups excluding carboxylic acids is 2. The summed E-state index contributed by atoms with van der Waals surface area (Å²) in [5.41, 5.74) is 5.31. The van der Waals surface area contributed by atoms with Crippen LogP contribution in [0.1, 0.15) is 136 Å². The number of aliphatic hydroxyl groups excluding tert-OH is 1. The Bertz CT molecular complexity index is 1300. The minimum atomic E-state index is -4.78. The van der Waals surface area contributed by atoms with Gasteiger partial charge in [0.2, 0.25) is 0 Å². The molecule has 5 N–H and O–H groups in total. The van der Waals surface area contributed by atoms with Gasteiger partial charge in [-0.3, -0.25) is 23.4 Å². The molecule has 0 radical (unpaired) electrons. The van der Waals surface area contributed by atoms with Gasteiger partial charge in [-0.2, -0.15) is 0 Å². The summed E-state index contributed by atoms with van der Waals surface area (Å²) in [6.45, 7) is 2.48. The van der Waals surface area contributed by atoms with Gasteiger partial charge in [-0.15, -0.1) is 0 Å². The zero-order chi connectivity index (χ0) is 42.2. The second-order valence-electron chi connectivity index (χ2n) is 13.6. The molecule has 0 amide bonds. The average molecular weight is 822 g/mol. The highest BCUT2D eigenvalue weighted by Crippen LogP contribution is 2.43. The van der Waals surface area contributed by atoms with Crippen LogP contribution in [-0.2, 0) is 37.5 Å². The summed E-state index contributed by atoms with van der Waals surface area (Å²) in [7, 11) is -4.78. The number of carboxylic acid groups (broad SMARTS) is 1. The van der Waals surface area contributed by atoms with Gasteiger partial charge in [-0.25, -0.2) is 4.57 Å². The molecule has 0 rings (SSSR count). The molecule has 4 atom stereocenters. The molecule has 0 saturated heterocycles. The zero-order valence-electron chi connectivity index (χ0n) is 34.5. The van der Waals surface area contributed by atoms with Crippen LogP contribution in [-0.4, -0.2) is 71.1 Å². The lowest BCUT2D eigenvalue weighted by Gasteiger charge is -2.20. The van der Waals surface area contributed by atoms with Crippen molar-refractivity contribution in [2.75, 3.05) is 19.8 Å². The van der Waals surface area contributed by atoms with E-state index in [9.17, 15) is 28.9 Å². The third-order valence-corrected chi connectivity index (χ3v) is 9.17. The van der Waals surface area contributed by atoms with E-state index in [1.54, 1.807) is 12.2 Å².